The second-order valence-corrected chi connectivity index (χ2v) is 8.19. The summed E-state index contributed by atoms with van der Waals surface area (Å²) in [5.41, 5.74) is 2.83. The second-order valence-electron chi connectivity index (χ2n) is 7.75. The van der Waals surface area contributed by atoms with Crippen LogP contribution in [0.25, 0.3) is 21.9 Å². The van der Waals surface area contributed by atoms with Crippen LogP contribution in [-0.4, -0.2) is 35.0 Å². The molecular formula is C25H20ClN3O3. The topological polar surface area (TPSA) is 64.4 Å². The highest BCUT2D eigenvalue weighted by Gasteiger charge is 2.28. The average molecular weight is 446 g/mol. The van der Waals surface area contributed by atoms with Crippen LogP contribution in [0, 0.1) is 0 Å². The number of hydrogen-bond acceptors (Lipinski definition) is 4. The summed E-state index contributed by atoms with van der Waals surface area (Å²) in [5, 5.41) is 2.47. The fourth-order valence-electron chi connectivity index (χ4n) is 4.02. The molecule has 1 amide bonds. The molecule has 7 heteroatoms. The number of anilines is 1. The Hall–Kier alpha value is -3.64. The van der Waals surface area contributed by atoms with Gasteiger partial charge in [-0.25, -0.2) is 4.98 Å². The molecule has 3 heterocycles. The first kappa shape index (κ1) is 20.3. The van der Waals surface area contributed by atoms with E-state index in [-0.39, 0.29) is 18.4 Å². The Kier molecular flexibility index (Phi) is 5.15. The van der Waals surface area contributed by atoms with Gasteiger partial charge < -0.3 is 4.74 Å². The van der Waals surface area contributed by atoms with Crippen molar-refractivity contribution >= 4 is 40.0 Å². The number of carbonyl (C=O) groups excluding carboxylic acids is 2. The summed E-state index contributed by atoms with van der Waals surface area (Å²) >= 11 is 6.12. The number of benzene rings is 2. The lowest BCUT2D eigenvalue weighted by atomic mass is 10.00. The van der Waals surface area contributed by atoms with E-state index in [0.717, 1.165) is 33.2 Å². The van der Waals surface area contributed by atoms with Gasteiger partial charge in [-0.1, -0.05) is 23.7 Å². The number of rotatable bonds is 4. The van der Waals surface area contributed by atoms with Crippen molar-refractivity contribution in [3.05, 3.63) is 77.7 Å². The van der Waals surface area contributed by atoms with Gasteiger partial charge in [-0.2, -0.15) is 0 Å². The Bertz CT molecular complexity index is 1360. The molecule has 2 aromatic carbocycles. The van der Waals surface area contributed by atoms with Gasteiger partial charge in [0.25, 0.3) is 5.91 Å². The number of amides is 1. The first-order valence-electron chi connectivity index (χ1n) is 10.3. The predicted octanol–water partition coefficient (Wildman–Crippen LogP) is 4.98. The Morgan fingerprint density at radius 3 is 2.72 bits per heavy atom. The van der Waals surface area contributed by atoms with E-state index in [4.69, 9.17) is 16.3 Å². The predicted molar refractivity (Wildman–Crippen MR) is 124 cm³/mol. The number of aromatic nitrogens is 2. The molecule has 160 valence electrons. The standard InChI is InChI=1S/C25H20ClN3O3/c1-32-22-7-5-18-13-28(14-20(18)11-22)24(31)15-29-23(30)8-6-17-9-19(12-27-25(17)29)16-3-2-4-21(26)10-16/h2-5,7,9-14H,6,8,15H2,1H3. The van der Waals surface area contributed by atoms with E-state index in [1.807, 2.05) is 48.5 Å². The molecule has 2 aromatic heterocycles. The maximum absolute atomic E-state index is 13.0. The van der Waals surface area contributed by atoms with Crippen LogP contribution in [0.15, 0.2) is 67.1 Å². The molecule has 0 spiro atoms. The summed E-state index contributed by atoms with van der Waals surface area (Å²) in [6.45, 7) is -0.0759. The number of carbonyl (C=O) groups is 2. The van der Waals surface area contributed by atoms with Gasteiger partial charge in [-0.15, -0.1) is 0 Å². The van der Waals surface area contributed by atoms with Crippen molar-refractivity contribution in [3.63, 3.8) is 0 Å². The fourth-order valence-corrected chi connectivity index (χ4v) is 4.21. The lowest BCUT2D eigenvalue weighted by Crippen LogP contribution is -2.41. The average Bonchev–Trinajstić information content (AvgIpc) is 3.24. The quantitative estimate of drug-likeness (QED) is 0.444. The highest BCUT2D eigenvalue weighted by Crippen LogP contribution is 2.31. The number of ether oxygens (including phenoxy) is 1. The van der Waals surface area contributed by atoms with Crippen molar-refractivity contribution in [2.45, 2.75) is 12.8 Å². The minimum absolute atomic E-state index is 0.0759. The number of methoxy groups -OCH3 is 1. The van der Waals surface area contributed by atoms with Gasteiger partial charge in [0, 0.05) is 46.4 Å². The van der Waals surface area contributed by atoms with Gasteiger partial charge in [-0.05, 0) is 53.9 Å². The number of halogens is 1. The van der Waals surface area contributed by atoms with Gasteiger partial charge in [0.1, 0.15) is 18.1 Å². The molecule has 0 saturated carbocycles. The van der Waals surface area contributed by atoms with E-state index in [1.165, 1.54) is 9.47 Å². The number of nitrogens with zero attached hydrogens (tertiary/aromatic N) is 3. The number of aryl methyl sites for hydroxylation is 1. The molecule has 0 aliphatic carbocycles. The third-order valence-corrected chi connectivity index (χ3v) is 5.93. The lowest BCUT2D eigenvalue weighted by Gasteiger charge is -2.28. The van der Waals surface area contributed by atoms with Crippen LogP contribution in [0.5, 0.6) is 5.75 Å². The zero-order chi connectivity index (χ0) is 22.2. The van der Waals surface area contributed by atoms with Gasteiger partial charge in [0.05, 0.1) is 7.11 Å². The SMILES string of the molecule is COc1ccc2cn(C(=O)CN3C(=O)CCc4cc(-c5cccc(Cl)c5)cnc43)cc2c1. The van der Waals surface area contributed by atoms with Crippen LogP contribution in [0.3, 0.4) is 0 Å². The summed E-state index contributed by atoms with van der Waals surface area (Å²) in [6, 6.07) is 15.2. The van der Waals surface area contributed by atoms with Crippen molar-refractivity contribution in [2.24, 2.45) is 0 Å². The van der Waals surface area contributed by atoms with Crippen molar-refractivity contribution in [1.29, 1.82) is 0 Å². The van der Waals surface area contributed by atoms with Crippen LogP contribution in [0.2, 0.25) is 5.02 Å². The molecule has 1 aliphatic rings. The zero-order valence-electron chi connectivity index (χ0n) is 17.4. The van der Waals surface area contributed by atoms with E-state index in [2.05, 4.69) is 4.98 Å². The van der Waals surface area contributed by atoms with Crippen LogP contribution in [-0.2, 0) is 11.2 Å². The van der Waals surface area contributed by atoms with E-state index in [0.29, 0.717) is 23.7 Å². The van der Waals surface area contributed by atoms with E-state index >= 15 is 0 Å². The van der Waals surface area contributed by atoms with Crippen LogP contribution < -0.4 is 9.64 Å². The van der Waals surface area contributed by atoms with Gasteiger partial charge in [-0.3, -0.25) is 19.1 Å². The van der Waals surface area contributed by atoms with Crippen LogP contribution in [0.4, 0.5) is 5.82 Å². The first-order chi connectivity index (χ1) is 15.5. The van der Waals surface area contributed by atoms with Gasteiger partial charge in [0.2, 0.25) is 5.91 Å². The summed E-state index contributed by atoms with van der Waals surface area (Å²) in [6.07, 6.45) is 6.17. The highest BCUT2D eigenvalue weighted by atomic mass is 35.5. The molecule has 1 aliphatic heterocycles. The lowest BCUT2D eigenvalue weighted by molar-refractivity contribution is -0.118. The number of fused-ring (bicyclic) bond motifs is 2. The molecule has 0 atom stereocenters. The summed E-state index contributed by atoms with van der Waals surface area (Å²) in [4.78, 5) is 31.7. The van der Waals surface area contributed by atoms with Crippen LogP contribution in [0.1, 0.15) is 16.8 Å². The monoisotopic (exact) mass is 445 g/mol. The Morgan fingerprint density at radius 2 is 1.91 bits per heavy atom. The van der Waals surface area contributed by atoms with Crippen molar-refractivity contribution < 1.29 is 14.3 Å². The molecule has 32 heavy (non-hydrogen) atoms. The largest absolute Gasteiger partial charge is 0.497 e. The Morgan fingerprint density at radius 1 is 1.06 bits per heavy atom. The molecule has 0 fully saturated rings. The maximum atomic E-state index is 13.0. The van der Waals surface area contributed by atoms with Crippen molar-refractivity contribution in [1.82, 2.24) is 9.55 Å². The van der Waals surface area contributed by atoms with E-state index in [1.54, 1.807) is 25.7 Å². The fraction of sp³-hybridized carbons (Fsp3) is 0.160. The number of hydrogen-bond donors (Lipinski definition) is 0. The second kappa shape index (κ2) is 8.13. The molecule has 0 radical (unpaired) electrons. The third-order valence-electron chi connectivity index (χ3n) is 5.70. The molecule has 0 saturated heterocycles. The minimum atomic E-state index is -0.206. The van der Waals surface area contributed by atoms with Gasteiger partial charge in [0.15, 0.2) is 0 Å². The molecule has 5 rings (SSSR count). The molecule has 0 N–H and O–H groups in total. The van der Waals surface area contributed by atoms with Gasteiger partial charge >= 0.3 is 0 Å². The maximum Gasteiger partial charge on any atom is 0.250 e. The third kappa shape index (κ3) is 3.74. The normalized spacial score (nSPS) is 13.3. The minimum Gasteiger partial charge on any atom is -0.497 e. The van der Waals surface area contributed by atoms with Crippen LogP contribution >= 0.6 is 11.6 Å². The first-order valence-corrected chi connectivity index (χ1v) is 10.6. The molecule has 4 aromatic rings. The van der Waals surface area contributed by atoms with E-state index in [9.17, 15) is 9.59 Å². The zero-order valence-corrected chi connectivity index (χ0v) is 18.2. The Balaban J connectivity index is 1.43. The summed E-state index contributed by atoms with van der Waals surface area (Å²) in [5.74, 6) is 0.954. The summed E-state index contributed by atoms with van der Waals surface area (Å²) in [7, 11) is 1.60. The van der Waals surface area contributed by atoms with Crippen molar-refractivity contribution in [2.75, 3.05) is 18.6 Å². The van der Waals surface area contributed by atoms with E-state index < -0.39 is 0 Å². The smallest absolute Gasteiger partial charge is 0.250 e. The van der Waals surface area contributed by atoms with Crippen molar-refractivity contribution in [3.8, 4) is 16.9 Å². The summed E-state index contributed by atoms with van der Waals surface area (Å²) < 4.78 is 6.77. The molecule has 0 bridgehead atoms. The highest BCUT2D eigenvalue weighted by molar-refractivity contribution is 6.30. The molecule has 0 unspecified atom stereocenters. The molecular weight excluding hydrogens is 426 g/mol. The molecule has 6 nitrogen and oxygen atoms in total. The Labute approximate surface area is 190 Å². The number of pyridine rings is 1.